The molecule has 1 fully saturated rings. The van der Waals surface area contributed by atoms with Gasteiger partial charge in [0.15, 0.2) is 0 Å². The highest BCUT2D eigenvalue weighted by Gasteiger charge is 2.18. The van der Waals surface area contributed by atoms with Crippen LogP contribution in [0, 0.1) is 0 Å². The summed E-state index contributed by atoms with van der Waals surface area (Å²) in [6, 6.07) is 6.60. The van der Waals surface area contributed by atoms with Gasteiger partial charge < -0.3 is 14.8 Å². The summed E-state index contributed by atoms with van der Waals surface area (Å²) in [6.07, 6.45) is 6.38. The first-order chi connectivity index (χ1) is 10.2. The molecule has 0 aliphatic carbocycles. The van der Waals surface area contributed by atoms with Crippen molar-refractivity contribution in [2.24, 2.45) is 0 Å². The van der Waals surface area contributed by atoms with Gasteiger partial charge in [-0.25, -0.2) is 0 Å². The molecule has 1 aromatic rings. The maximum Gasteiger partial charge on any atom is 0.120 e. The average molecular weight is 356 g/mol. The van der Waals surface area contributed by atoms with Crippen LogP contribution in [0.1, 0.15) is 50.6 Å². The number of hydrogen-bond acceptors (Lipinski definition) is 3. The fourth-order valence-corrected chi connectivity index (χ4v) is 3.52. The van der Waals surface area contributed by atoms with Crippen LogP contribution in [0.3, 0.4) is 0 Å². The van der Waals surface area contributed by atoms with Crippen molar-refractivity contribution < 1.29 is 9.47 Å². The largest absolute Gasteiger partial charge is 0.494 e. The van der Waals surface area contributed by atoms with Crippen LogP contribution in [0.2, 0.25) is 0 Å². The normalized spacial score (nSPS) is 20.2. The van der Waals surface area contributed by atoms with Crippen LogP contribution in [-0.2, 0) is 4.74 Å². The van der Waals surface area contributed by atoms with Crippen LogP contribution in [0.5, 0.6) is 5.75 Å². The maximum absolute atomic E-state index is 5.83. The molecule has 2 unspecified atom stereocenters. The molecule has 4 heteroatoms. The van der Waals surface area contributed by atoms with Crippen molar-refractivity contribution in [2.75, 3.05) is 20.3 Å². The molecule has 1 aliphatic heterocycles. The van der Waals surface area contributed by atoms with Crippen LogP contribution < -0.4 is 10.1 Å². The van der Waals surface area contributed by atoms with E-state index in [2.05, 4.69) is 33.4 Å². The molecule has 2 atom stereocenters. The number of hydrogen-bond donors (Lipinski definition) is 1. The number of rotatable bonds is 7. The third-order valence-corrected chi connectivity index (χ3v) is 4.74. The molecule has 1 N–H and O–H groups in total. The predicted molar refractivity (Wildman–Crippen MR) is 89.9 cm³/mol. The molecule has 1 heterocycles. The van der Waals surface area contributed by atoms with E-state index in [9.17, 15) is 0 Å². The summed E-state index contributed by atoms with van der Waals surface area (Å²) in [4.78, 5) is 0. The van der Waals surface area contributed by atoms with Crippen LogP contribution in [0.4, 0.5) is 0 Å². The Bertz CT molecular complexity index is 433. The van der Waals surface area contributed by atoms with Crippen LogP contribution in [0.15, 0.2) is 22.7 Å². The van der Waals surface area contributed by atoms with Gasteiger partial charge in [-0.15, -0.1) is 0 Å². The summed E-state index contributed by atoms with van der Waals surface area (Å²) < 4.78 is 12.5. The lowest BCUT2D eigenvalue weighted by atomic mass is 9.97. The summed E-state index contributed by atoms with van der Waals surface area (Å²) >= 11 is 3.67. The van der Waals surface area contributed by atoms with Crippen LogP contribution >= 0.6 is 15.9 Å². The molecule has 0 aromatic heterocycles. The van der Waals surface area contributed by atoms with Crippen LogP contribution in [-0.4, -0.2) is 26.4 Å². The Balaban J connectivity index is 1.96. The average Bonchev–Trinajstić information content (AvgIpc) is 2.51. The van der Waals surface area contributed by atoms with Gasteiger partial charge in [-0.05, 0) is 63.8 Å². The van der Waals surface area contributed by atoms with Gasteiger partial charge >= 0.3 is 0 Å². The molecule has 21 heavy (non-hydrogen) atoms. The molecule has 0 saturated carbocycles. The third kappa shape index (κ3) is 4.97. The van der Waals surface area contributed by atoms with E-state index in [4.69, 9.17) is 9.47 Å². The number of ether oxygens (including phenoxy) is 2. The summed E-state index contributed by atoms with van der Waals surface area (Å²) in [7, 11) is 2.02. The first-order valence-corrected chi connectivity index (χ1v) is 8.75. The first kappa shape index (κ1) is 16.8. The van der Waals surface area contributed by atoms with Gasteiger partial charge in [0.25, 0.3) is 0 Å². The Morgan fingerprint density at radius 2 is 2.29 bits per heavy atom. The van der Waals surface area contributed by atoms with Gasteiger partial charge in [0, 0.05) is 17.1 Å². The van der Waals surface area contributed by atoms with Crippen molar-refractivity contribution in [3.05, 3.63) is 28.2 Å². The zero-order valence-electron chi connectivity index (χ0n) is 13.0. The topological polar surface area (TPSA) is 30.5 Å². The smallest absolute Gasteiger partial charge is 0.120 e. The van der Waals surface area contributed by atoms with E-state index in [-0.39, 0.29) is 0 Å². The molecule has 3 nitrogen and oxygen atoms in total. The molecule has 1 aromatic carbocycles. The fraction of sp³-hybridized carbons (Fsp3) is 0.647. The van der Waals surface area contributed by atoms with Gasteiger partial charge in [0.1, 0.15) is 5.75 Å². The summed E-state index contributed by atoms with van der Waals surface area (Å²) in [6.45, 7) is 3.63. The van der Waals surface area contributed by atoms with Crippen molar-refractivity contribution in [3.8, 4) is 5.75 Å². The summed E-state index contributed by atoms with van der Waals surface area (Å²) in [5.41, 5.74) is 1.29. The van der Waals surface area contributed by atoms with Crippen molar-refractivity contribution >= 4 is 15.9 Å². The molecule has 0 spiro atoms. The molecule has 118 valence electrons. The van der Waals surface area contributed by atoms with E-state index in [0.29, 0.717) is 18.8 Å². The lowest BCUT2D eigenvalue weighted by Crippen LogP contribution is -2.23. The highest BCUT2D eigenvalue weighted by molar-refractivity contribution is 9.10. The lowest BCUT2D eigenvalue weighted by molar-refractivity contribution is 0.00865. The van der Waals surface area contributed by atoms with Gasteiger partial charge in [0.05, 0.1) is 12.7 Å². The minimum atomic E-state index is 0.348. The number of nitrogens with one attached hydrogen (secondary N) is 1. The highest BCUT2D eigenvalue weighted by Crippen LogP contribution is 2.31. The van der Waals surface area contributed by atoms with Crippen molar-refractivity contribution in [2.45, 2.75) is 51.2 Å². The Morgan fingerprint density at radius 3 is 2.90 bits per heavy atom. The number of halogens is 1. The van der Waals surface area contributed by atoms with Gasteiger partial charge in [-0.3, -0.25) is 0 Å². The standard InChI is InChI=1S/C17H26BrNO2/c1-3-20-14-7-9-15(16(18)12-14)17(19-2)10-8-13-6-4-5-11-21-13/h7,9,12-13,17,19H,3-6,8,10-11H2,1-2H3. The second kappa shape index (κ2) is 8.76. The highest BCUT2D eigenvalue weighted by atomic mass is 79.9. The van der Waals surface area contributed by atoms with Crippen molar-refractivity contribution in [3.63, 3.8) is 0 Å². The minimum Gasteiger partial charge on any atom is -0.494 e. The summed E-state index contributed by atoms with van der Waals surface area (Å²) in [5.74, 6) is 0.915. The number of benzene rings is 1. The van der Waals surface area contributed by atoms with Crippen LogP contribution in [0.25, 0.3) is 0 Å². The minimum absolute atomic E-state index is 0.348. The Kier molecular flexibility index (Phi) is 7.00. The van der Waals surface area contributed by atoms with E-state index in [1.54, 1.807) is 0 Å². The second-order valence-electron chi connectivity index (χ2n) is 5.52. The Labute approximate surface area is 136 Å². The molecule has 2 rings (SSSR count). The first-order valence-electron chi connectivity index (χ1n) is 7.95. The monoisotopic (exact) mass is 355 g/mol. The predicted octanol–water partition coefficient (Wildman–Crippen LogP) is 4.46. The van der Waals surface area contributed by atoms with E-state index in [1.807, 2.05) is 20.0 Å². The Hall–Kier alpha value is -0.580. The molecule has 1 aliphatic rings. The molecular weight excluding hydrogens is 330 g/mol. The van der Waals surface area contributed by atoms with Gasteiger partial charge in [-0.1, -0.05) is 22.0 Å². The molecular formula is C17H26BrNO2. The van der Waals surface area contributed by atoms with E-state index < -0.39 is 0 Å². The molecule has 0 amide bonds. The van der Waals surface area contributed by atoms with E-state index in [0.717, 1.165) is 29.7 Å². The Morgan fingerprint density at radius 1 is 1.43 bits per heavy atom. The van der Waals surface area contributed by atoms with Gasteiger partial charge in [-0.2, -0.15) is 0 Å². The third-order valence-electron chi connectivity index (χ3n) is 4.06. The molecule has 0 bridgehead atoms. The SMILES string of the molecule is CCOc1ccc(C(CCC2CCCCO2)NC)c(Br)c1. The van der Waals surface area contributed by atoms with E-state index in [1.165, 1.54) is 24.8 Å². The fourth-order valence-electron chi connectivity index (χ4n) is 2.89. The van der Waals surface area contributed by atoms with Crippen molar-refractivity contribution in [1.82, 2.24) is 5.32 Å². The molecule has 0 radical (unpaired) electrons. The zero-order chi connectivity index (χ0) is 15.1. The van der Waals surface area contributed by atoms with E-state index >= 15 is 0 Å². The lowest BCUT2D eigenvalue weighted by Gasteiger charge is -2.25. The zero-order valence-corrected chi connectivity index (χ0v) is 14.6. The van der Waals surface area contributed by atoms with Crippen molar-refractivity contribution in [1.29, 1.82) is 0 Å². The summed E-state index contributed by atoms with van der Waals surface area (Å²) in [5, 5.41) is 3.42. The molecule has 1 saturated heterocycles. The quantitative estimate of drug-likeness (QED) is 0.783. The van der Waals surface area contributed by atoms with Gasteiger partial charge in [0.2, 0.25) is 0 Å². The maximum atomic E-state index is 5.83. The second-order valence-corrected chi connectivity index (χ2v) is 6.38.